The first-order valence-corrected chi connectivity index (χ1v) is 5.55. The fourth-order valence-electron chi connectivity index (χ4n) is 2.07. The highest BCUT2D eigenvalue weighted by Gasteiger charge is 2.48. The molecule has 0 amide bonds. The quantitative estimate of drug-likeness (QED) is 0.852. The third-order valence-electron chi connectivity index (χ3n) is 3.15. The predicted molar refractivity (Wildman–Crippen MR) is 57.1 cm³/mol. The Hall–Kier alpha value is -1.49. The van der Waals surface area contributed by atoms with E-state index in [2.05, 4.69) is 0 Å². The molecule has 1 fully saturated rings. The van der Waals surface area contributed by atoms with Crippen molar-refractivity contribution in [2.45, 2.75) is 18.4 Å². The zero-order valence-electron chi connectivity index (χ0n) is 9.46. The minimum atomic E-state index is -1.12. The molecule has 0 saturated heterocycles. The summed E-state index contributed by atoms with van der Waals surface area (Å²) in [5.74, 6) is 0.265. The summed E-state index contributed by atoms with van der Waals surface area (Å²) in [5.41, 5.74) is -0.949. The first kappa shape index (κ1) is 10.7. The van der Waals surface area contributed by atoms with Crippen molar-refractivity contribution in [3.8, 4) is 17.2 Å². The summed E-state index contributed by atoms with van der Waals surface area (Å²) >= 11 is 0. The van der Waals surface area contributed by atoms with Crippen LogP contribution in [0.4, 0.5) is 4.39 Å². The zero-order chi connectivity index (χ0) is 12.0. The van der Waals surface area contributed by atoms with Crippen LogP contribution in [0.3, 0.4) is 0 Å². The lowest BCUT2D eigenvalue weighted by atomic mass is 10.0. The Morgan fingerprint density at radius 1 is 1.35 bits per heavy atom. The number of aliphatic hydroxyl groups is 1. The number of halogens is 1. The van der Waals surface area contributed by atoms with Gasteiger partial charge in [-0.25, -0.2) is 4.39 Å². The van der Waals surface area contributed by atoms with E-state index in [0.29, 0.717) is 37.6 Å². The minimum absolute atomic E-state index is 0.0737. The van der Waals surface area contributed by atoms with E-state index in [1.807, 2.05) is 0 Å². The average Bonchev–Trinajstić information content (AvgIpc) is 3.07. The highest BCUT2D eigenvalue weighted by atomic mass is 19.1. The van der Waals surface area contributed by atoms with Crippen molar-refractivity contribution in [3.63, 3.8) is 0 Å². The number of hydrogen-bond donors (Lipinski definition) is 1. The van der Waals surface area contributed by atoms with Gasteiger partial charge >= 0.3 is 0 Å². The molecule has 0 atom stereocenters. The number of hydrogen-bond acceptors (Lipinski definition) is 4. The molecule has 1 saturated carbocycles. The van der Waals surface area contributed by atoms with Crippen molar-refractivity contribution in [2.24, 2.45) is 0 Å². The molecule has 0 bridgehead atoms. The smallest absolute Gasteiger partial charge is 0.175 e. The third-order valence-corrected chi connectivity index (χ3v) is 3.15. The van der Waals surface area contributed by atoms with Crippen LogP contribution in [0.25, 0.3) is 0 Å². The van der Waals surface area contributed by atoms with Crippen LogP contribution in [0.5, 0.6) is 17.2 Å². The van der Waals surface area contributed by atoms with Gasteiger partial charge in [0.2, 0.25) is 0 Å². The molecular weight excluding hydrogens is 227 g/mol. The zero-order valence-corrected chi connectivity index (χ0v) is 9.46. The van der Waals surface area contributed by atoms with Gasteiger partial charge in [-0.15, -0.1) is 0 Å². The molecule has 17 heavy (non-hydrogen) atoms. The summed E-state index contributed by atoms with van der Waals surface area (Å²) in [6, 6.07) is 1.46. The monoisotopic (exact) mass is 240 g/mol. The van der Waals surface area contributed by atoms with Crippen LogP contribution in [0.15, 0.2) is 6.07 Å². The summed E-state index contributed by atoms with van der Waals surface area (Å²) in [5, 5.41) is 10.1. The van der Waals surface area contributed by atoms with Crippen molar-refractivity contribution in [1.29, 1.82) is 0 Å². The Morgan fingerprint density at radius 2 is 2.06 bits per heavy atom. The predicted octanol–water partition coefficient (Wildman–Crippen LogP) is 1.59. The van der Waals surface area contributed by atoms with E-state index < -0.39 is 11.4 Å². The summed E-state index contributed by atoms with van der Waals surface area (Å²) in [6.07, 6.45) is 1.07. The molecule has 0 spiro atoms. The molecular formula is C12H13FO4. The van der Waals surface area contributed by atoms with E-state index in [4.69, 9.17) is 14.2 Å². The molecule has 1 heterocycles. The molecule has 5 heteroatoms. The van der Waals surface area contributed by atoms with Crippen LogP contribution in [0, 0.1) is 5.82 Å². The highest BCUT2D eigenvalue weighted by Crippen LogP contribution is 2.54. The van der Waals surface area contributed by atoms with E-state index in [-0.39, 0.29) is 11.3 Å². The maximum Gasteiger partial charge on any atom is 0.175 e. The number of rotatable bonds is 2. The van der Waals surface area contributed by atoms with Crippen molar-refractivity contribution in [2.75, 3.05) is 20.3 Å². The Kier molecular flexibility index (Phi) is 2.19. The number of fused-ring (bicyclic) bond motifs is 1. The number of methoxy groups -OCH3 is 1. The third kappa shape index (κ3) is 1.53. The van der Waals surface area contributed by atoms with Gasteiger partial charge in [-0.3, -0.25) is 0 Å². The SMILES string of the molecule is COc1cc2c(c(C3(O)CC3)c1F)OCCO2. The van der Waals surface area contributed by atoms with Crippen molar-refractivity contribution in [1.82, 2.24) is 0 Å². The van der Waals surface area contributed by atoms with Gasteiger partial charge in [0.05, 0.1) is 18.3 Å². The molecule has 2 aliphatic rings. The van der Waals surface area contributed by atoms with Crippen LogP contribution in [0.2, 0.25) is 0 Å². The maximum absolute atomic E-state index is 14.2. The molecule has 0 unspecified atom stereocenters. The Labute approximate surface area is 97.9 Å². The van der Waals surface area contributed by atoms with Crippen molar-refractivity contribution >= 4 is 0 Å². The molecule has 0 radical (unpaired) electrons. The molecule has 0 aromatic heterocycles. The van der Waals surface area contributed by atoms with E-state index in [1.54, 1.807) is 0 Å². The van der Waals surface area contributed by atoms with Gasteiger partial charge in [0.1, 0.15) is 13.2 Å². The molecule has 1 aromatic rings. The van der Waals surface area contributed by atoms with Gasteiger partial charge in [0.15, 0.2) is 23.1 Å². The second-order valence-electron chi connectivity index (χ2n) is 4.32. The van der Waals surface area contributed by atoms with Crippen LogP contribution in [-0.4, -0.2) is 25.4 Å². The molecule has 1 aliphatic heterocycles. The van der Waals surface area contributed by atoms with Gasteiger partial charge in [-0.1, -0.05) is 0 Å². The average molecular weight is 240 g/mol. The van der Waals surface area contributed by atoms with Crippen LogP contribution >= 0.6 is 0 Å². The number of benzene rings is 1. The Balaban J connectivity index is 2.22. The second kappa shape index (κ2) is 3.50. The minimum Gasteiger partial charge on any atom is -0.494 e. The van der Waals surface area contributed by atoms with E-state index in [0.717, 1.165) is 0 Å². The summed E-state index contributed by atoms with van der Waals surface area (Å²) in [4.78, 5) is 0. The van der Waals surface area contributed by atoms with Crippen molar-refractivity contribution in [3.05, 3.63) is 17.4 Å². The first-order valence-electron chi connectivity index (χ1n) is 5.55. The van der Waals surface area contributed by atoms with E-state index >= 15 is 0 Å². The largest absolute Gasteiger partial charge is 0.494 e. The fraction of sp³-hybridized carbons (Fsp3) is 0.500. The number of ether oxygens (including phenoxy) is 3. The summed E-state index contributed by atoms with van der Waals surface area (Å²) < 4.78 is 30.0. The molecule has 4 nitrogen and oxygen atoms in total. The van der Waals surface area contributed by atoms with Gasteiger partial charge in [0.25, 0.3) is 0 Å². The van der Waals surface area contributed by atoms with Crippen LogP contribution < -0.4 is 14.2 Å². The van der Waals surface area contributed by atoms with Gasteiger partial charge in [0, 0.05) is 6.07 Å². The molecule has 1 aromatic carbocycles. The van der Waals surface area contributed by atoms with E-state index in [1.165, 1.54) is 13.2 Å². The molecule has 1 N–H and O–H groups in total. The van der Waals surface area contributed by atoms with Gasteiger partial charge in [-0.05, 0) is 12.8 Å². The Bertz CT molecular complexity index is 468. The molecule has 92 valence electrons. The lowest BCUT2D eigenvalue weighted by molar-refractivity contribution is 0.124. The first-order chi connectivity index (χ1) is 8.15. The lowest BCUT2D eigenvalue weighted by Gasteiger charge is -2.24. The summed E-state index contributed by atoms with van der Waals surface area (Å²) in [6.45, 7) is 0.779. The van der Waals surface area contributed by atoms with Crippen LogP contribution in [-0.2, 0) is 5.60 Å². The van der Waals surface area contributed by atoms with Crippen LogP contribution in [0.1, 0.15) is 18.4 Å². The molecule has 3 rings (SSSR count). The second-order valence-corrected chi connectivity index (χ2v) is 4.32. The lowest BCUT2D eigenvalue weighted by Crippen LogP contribution is -2.20. The highest BCUT2D eigenvalue weighted by molar-refractivity contribution is 5.57. The normalized spacial score (nSPS) is 19.9. The van der Waals surface area contributed by atoms with Crippen molar-refractivity contribution < 1.29 is 23.7 Å². The van der Waals surface area contributed by atoms with Gasteiger partial charge in [-0.2, -0.15) is 0 Å². The summed E-state index contributed by atoms with van der Waals surface area (Å²) in [7, 11) is 1.38. The van der Waals surface area contributed by atoms with E-state index in [9.17, 15) is 9.50 Å². The maximum atomic E-state index is 14.2. The molecule has 1 aliphatic carbocycles. The fourth-order valence-corrected chi connectivity index (χ4v) is 2.07. The Morgan fingerprint density at radius 3 is 2.71 bits per heavy atom. The van der Waals surface area contributed by atoms with Gasteiger partial charge < -0.3 is 19.3 Å². The topological polar surface area (TPSA) is 47.9 Å². The standard InChI is InChI=1S/C12H13FO4/c1-15-7-6-8-11(17-5-4-16-8)9(10(7)13)12(14)2-3-12/h6,14H,2-5H2,1H3.